The molecular formula is C24H22ClN5O7. The molecule has 0 saturated carbocycles. The number of hydrogen-bond acceptors (Lipinski definition) is 8. The molecule has 1 aromatic heterocycles. The second-order valence-electron chi connectivity index (χ2n) is 7.54. The lowest BCUT2D eigenvalue weighted by Gasteiger charge is -2.19. The number of nitrogens with one attached hydrogen (secondary N) is 1. The van der Waals surface area contributed by atoms with Crippen molar-refractivity contribution in [2.45, 2.75) is 18.9 Å². The summed E-state index contributed by atoms with van der Waals surface area (Å²) in [5, 5.41) is 3.45. The van der Waals surface area contributed by atoms with Crippen LogP contribution in [0.1, 0.15) is 32.3 Å². The van der Waals surface area contributed by atoms with Gasteiger partial charge in [-0.3, -0.25) is 14.3 Å². The number of carbonyl (C=O) groups excluding carboxylic acids is 2. The number of aromatic nitrogens is 2. The molecule has 0 bridgehead atoms. The van der Waals surface area contributed by atoms with E-state index < -0.39 is 42.1 Å². The molecule has 192 valence electrons. The second-order valence-corrected chi connectivity index (χ2v) is 7.84. The summed E-state index contributed by atoms with van der Waals surface area (Å²) in [7, 11) is 0. The number of esters is 2. The van der Waals surface area contributed by atoms with E-state index >= 15 is 0 Å². The van der Waals surface area contributed by atoms with E-state index in [9.17, 15) is 19.2 Å². The van der Waals surface area contributed by atoms with Crippen molar-refractivity contribution in [2.24, 2.45) is 5.11 Å². The Hall–Kier alpha value is -4.38. The number of H-pyrrole nitrogens is 1. The molecule has 1 atom stereocenters. The standard InChI is InChI=1S/C24H22ClN5O7/c25-11-20(28-29-26)19-12-30(24(34)27-21(19)31)15-37-18(13-35-22(32)16-7-3-1-4-8-16)14-36-23(33)17-9-5-2-6-10-17/h1-10,12,18,20H,11,13-15H2,(H,27,31,34). The molecule has 0 radical (unpaired) electrons. The Kier molecular flexibility index (Phi) is 10.0. The smallest absolute Gasteiger partial charge is 0.338 e. The van der Waals surface area contributed by atoms with Gasteiger partial charge in [0.1, 0.15) is 26.0 Å². The summed E-state index contributed by atoms with van der Waals surface area (Å²) < 4.78 is 17.3. The molecule has 13 heteroatoms. The molecule has 1 N–H and O–H groups in total. The first-order valence-electron chi connectivity index (χ1n) is 10.9. The minimum atomic E-state index is -1.02. The van der Waals surface area contributed by atoms with Gasteiger partial charge in [0.25, 0.3) is 5.56 Å². The molecule has 0 fully saturated rings. The molecule has 3 rings (SSSR count). The zero-order valence-electron chi connectivity index (χ0n) is 19.4. The van der Waals surface area contributed by atoms with E-state index in [1.54, 1.807) is 60.7 Å². The molecule has 0 spiro atoms. The van der Waals surface area contributed by atoms with Crippen molar-refractivity contribution in [2.75, 3.05) is 19.1 Å². The van der Waals surface area contributed by atoms with E-state index in [0.29, 0.717) is 11.1 Å². The molecule has 0 aliphatic rings. The van der Waals surface area contributed by atoms with Gasteiger partial charge in [-0.1, -0.05) is 41.5 Å². The Morgan fingerprint density at radius 2 is 1.51 bits per heavy atom. The van der Waals surface area contributed by atoms with Gasteiger partial charge in [-0.25, -0.2) is 14.4 Å². The summed E-state index contributed by atoms with van der Waals surface area (Å²) in [5.74, 6) is -1.43. The maximum absolute atomic E-state index is 12.4. The molecule has 0 aliphatic heterocycles. The van der Waals surface area contributed by atoms with Crippen molar-refractivity contribution in [3.8, 4) is 0 Å². The molecule has 0 aliphatic carbocycles. The normalized spacial score (nSPS) is 11.4. The van der Waals surface area contributed by atoms with E-state index in [4.69, 9.17) is 31.3 Å². The van der Waals surface area contributed by atoms with Crippen molar-refractivity contribution in [1.82, 2.24) is 9.55 Å². The molecule has 1 heterocycles. The quantitative estimate of drug-likeness (QED) is 0.124. The summed E-state index contributed by atoms with van der Waals surface area (Å²) in [6.07, 6.45) is 0.190. The SMILES string of the molecule is [N-]=[N+]=NC(CCl)c1cn(COC(COC(=O)c2ccccc2)COC(=O)c2ccccc2)c(=O)[nH]c1=O. The van der Waals surface area contributed by atoms with Gasteiger partial charge in [0.05, 0.1) is 17.2 Å². The fourth-order valence-electron chi connectivity index (χ4n) is 3.08. The van der Waals surface area contributed by atoms with E-state index in [-0.39, 0.29) is 24.7 Å². The maximum Gasteiger partial charge on any atom is 0.338 e. The van der Waals surface area contributed by atoms with Crippen molar-refractivity contribution in [3.63, 3.8) is 0 Å². The second kappa shape index (κ2) is 13.6. The molecule has 3 aromatic rings. The number of ether oxygens (including phenoxy) is 3. The number of azide groups is 1. The lowest BCUT2D eigenvalue weighted by atomic mass is 10.2. The summed E-state index contributed by atoms with van der Waals surface area (Å²) in [4.78, 5) is 53.9. The minimum Gasteiger partial charge on any atom is -0.459 e. The fraction of sp³-hybridized carbons (Fsp3) is 0.250. The highest BCUT2D eigenvalue weighted by atomic mass is 35.5. The maximum atomic E-state index is 12.4. The van der Waals surface area contributed by atoms with Gasteiger partial charge in [0.15, 0.2) is 0 Å². The van der Waals surface area contributed by atoms with E-state index in [2.05, 4.69) is 15.0 Å². The highest BCUT2D eigenvalue weighted by molar-refractivity contribution is 6.18. The van der Waals surface area contributed by atoms with Gasteiger partial charge in [-0.2, -0.15) is 0 Å². The third-order valence-electron chi connectivity index (χ3n) is 5.00. The lowest BCUT2D eigenvalue weighted by Crippen LogP contribution is -2.36. The Bertz CT molecular complexity index is 1320. The van der Waals surface area contributed by atoms with Crippen molar-refractivity contribution >= 4 is 23.5 Å². The molecule has 37 heavy (non-hydrogen) atoms. The largest absolute Gasteiger partial charge is 0.459 e. The van der Waals surface area contributed by atoms with Crippen LogP contribution in [-0.4, -0.2) is 46.7 Å². The number of hydrogen-bond donors (Lipinski definition) is 1. The Balaban J connectivity index is 1.74. The van der Waals surface area contributed by atoms with Gasteiger partial charge < -0.3 is 14.2 Å². The number of nitrogens with zero attached hydrogens (tertiary/aromatic N) is 4. The molecule has 0 saturated heterocycles. The first kappa shape index (κ1) is 27.2. The van der Waals surface area contributed by atoms with Crippen LogP contribution < -0.4 is 11.2 Å². The zero-order valence-corrected chi connectivity index (χ0v) is 20.1. The van der Waals surface area contributed by atoms with Crippen LogP contribution in [0.3, 0.4) is 0 Å². The summed E-state index contributed by atoms with van der Waals surface area (Å²) in [5.41, 5.74) is 7.73. The van der Waals surface area contributed by atoms with Gasteiger partial charge in [-0.05, 0) is 29.8 Å². The summed E-state index contributed by atoms with van der Waals surface area (Å²) >= 11 is 5.78. The van der Waals surface area contributed by atoms with Crippen LogP contribution in [0.15, 0.2) is 81.6 Å². The topological polar surface area (TPSA) is 165 Å². The fourth-order valence-corrected chi connectivity index (χ4v) is 3.31. The van der Waals surface area contributed by atoms with Crippen LogP contribution in [-0.2, 0) is 20.9 Å². The number of rotatable bonds is 12. The van der Waals surface area contributed by atoms with Crippen molar-refractivity contribution in [1.29, 1.82) is 0 Å². The third kappa shape index (κ3) is 7.80. The molecule has 2 aromatic carbocycles. The monoisotopic (exact) mass is 527 g/mol. The molecule has 0 amide bonds. The summed E-state index contributed by atoms with van der Waals surface area (Å²) in [6.45, 7) is -1.02. The predicted molar refractivity (Wildman–Crippen MR) is 132 cm³/mol. The Morgan fingerprint density at radius 3 is 2.00 bits per heavy atom. The molecule has 1 unspecified atom stereocenters. The first-order chi connectivity index (χ1) is 17.9. The number of carbonyl (C=O) groups is 2. The van der Waals surface area contributed by atoms with Gasteiger partial charge in [0, 0.05) is 22.6 Å². The van der Waals surface area contributed by atoms with E-state index in [1.165, 1.54) is 0 Å². The third-order valence-corrected chi connectivity index (χ3v) is 5.30. The van der Waals surface area contributed by atoms with Crippen LogP contribution in [0.2, 0.25) is 0 Å². The minimum absolute atomic E-state index is 0.0430. The van der Waals surface area contributed by atoms with E-state index in [1.807, 2.05) is 0 Å². The zero-order chi connectivity index (χ0) is 26.6. The van der Waals surface area contributed by atoms with E-state index in [0.717, 1.165) is 10.8 Å². The predicted octanol–water partition coefficient (Wildman–Crippen LogP) is 3.18. The van der Waals surface area contributed by atoms with Gasteiger partial charge in [-0.15, -0.1) is 11.6 Å². The van der Waals surface area contributed by atoms with Crippen LogP contribution in [0.5, 0.6) is 0 Å². The molecule has 12 nitrogen and oxygen atoms in total. The van der Waals surface area contributed by atoms with Gasteiger partial charge >= 0.3 is 17.6 Å². The Labute approximate surface area is 215 Å². The highest BCUT2D eigenvalue weighted by Crippen LogP contribution is 2.15. The molecular weight excluding hydrogens is 506 g/mol. The average molecular weight is 528 g/mol. The van der Waals surface area contributed by atoms with Crippen LogP contribution in [0.25, 0.3) is 10.4 Å². The average Bonchev–Trinajstić information content (AvgIpc) is 2.93. The number of halogens is 1. The number of aromatic amines is 1. The highest BCUT2D eigenvalue weighted by Gasteiger charge is 2.19. The van der Waals surface area contributed by atoms with Crippen molar-refractivity contribution < 1.29 is 23.8 Å². The van der Waals surface area contributed by atoms with Crippen molar-refractivity contribution in [3.05, 3.63) is 115 Å². The van der Waals surface area contributed by atoms with Gasteiger partial charge in [0.2, 0.25) is 0 Å². The number of alkyl halides is 1. The first-order valence-corrected chi connectivity index (χ1v) is 11.5. The van der Waals surface area contributed by atoms with Crippen LogP contribution in [0, 0.1) is 0 Å². The summed E-state index contributed by atoms with van der Waals surface area (Å²) in [6, 6.07) is 15.5. The lowest BCUT2D eigenvalue weighted by molar-refractivity contribution is -0.0636. The van der Waals surface area contributed by atoms with Crippen LogP contribution in [0.4, 0.5) is 0 Å². The number of benzene rings is 2. The van der Waals surface area contributed by atoms with Crippen LogP contribution >= 0.6 is 11.6 Å². The Morgan fingerprint density at radius 1 is 0.973 bits per heavy atom.